The summed E-state index contributed by atoms with van der Waals surface area (Å²) in [6, 6.07) is 13.8. The van der Waals surface area contributed by atoms with E-state index in [1.54, 1.807) is 16.2 Å². The summed E-state index contributed by atoms with van der Waals surface area (Å²) in [5.41, 5.74) is 4.99. The molecule has 3 nitrogen and oxygen atoms in total. The van der Waals surface area contributed by atoms with Gasteiger partial charge in [0.1, 0.15) is 0 Å². The molecule has 5 heteroatoms. The van der Waals surface area contributed by atoms with Gasteiger partial charge in [-0.1, -0.05) is 42.8 Å². The second kappa shape index (κ2) is 8.24. The number of nitrogens with zero attached hydrogens (tertiary/aromatic N) is 2. The fourth-order valence-electron chi connectivity index (χ4n) is 2.98. The normalized spacial score (nSPS) is 10.9. The lowest BCUT2D eigenvalue weighted by Crippen LogP contribution is -2.26. The summed E-state index contributed by atoms with van der Waals surface area (Å²) < 4.78 is 0. The number of rotatable bonds is 5. The highest BCUT2D eigenvalue weighted by Gasteiger charge is 2.24. The first kappa shape index (κ1) is 19.6. The van der Waals surface area contributed by atoms with Crippen LogP contribution >= 0.6 is 22.9 Å². The van der Waals surface area contributed by atoms with Gasteiger partial charge < -0.3 is 0 Å². The average Bonchev–Trinajstić information content (AvgIpc) is 3.00. The molecule has 27 heavy (non-hydrogen) atoms. The SMILES string of the molecule is CCCC(=O)N(c1nc(-c2ccc(Cl)cc2)c(C)s1)c1cc(C)ccc1C. The largest absolute Gasteiger partial charge is 0.274 e. The zero-order valence-electron chi connectivity index (χ0n) is 16.0. The maximum atomic E-state index is 13.0. The fourth-order valence-corrected chi connectivity index (χ4v) is 4.07. The molecule has 1 heterocycles. The van der Waals surface area contributed by atoms with Gasteiger partial charge in [0, 0.05) is 21.9 Å². The number of halogens is 1. The number of hydrogen-bond donors (Lipinski definition) is 0. The molecule has 3 aromatic rings. The van der Waals surface area contributed by atoms with E-state index in [0.29, 0.717) is 16.6 Å². The molecule has 3 rings (SSSR count). The number of carbonyl (C=O) groups is 1. The predicted octanol–water partition coefficient (Wildman–Crippen LogP) is 6.85. The highest BCUT2D eigenvalue weighted by Crippen LogP contribution is 2.38. The number of aromatic nitrogens is 1. The summed E-state index contributed by atoms with van der Waals surface area (Å²) in [5, 5.41) is 1.41. The van der Waals surface area contributed by atoms with E-state index in [2.05, 4.69) is 18.2 Å². The van der Waals surface area contributed by atoms with Crippen molar-refractivity contribution in [2.24, 2.45) is 0 Å². The molecule has 0 bridgehead atoms. The van der Waals surface area contributed by atoms with Crippen LogP contribution in [0.15, 0.2) is 42.5 Å². The van der Waals surface area contributed by atoms with Crippen molar-refractivity contribution >= 4 is 39.7 Å². The summed E-state index contributed by atoms with van der Waals surface area (Å²) in [7, 11) is 0. The molecule has 0 fully saturated rings. The number of aryl methyl sites for hydroxylation is 3. The molecule has 0 saturated carbocycles. The van der Waals surface area contributed by atoms with E-state index in [1.807, 2.05) is 52.0 Å². The van der Waals surface area contributed by atoms with Crippen LogP contribution < -0.4 is 4.90 Å². The Morgan fingerprint density at radius 1 is 1.11 bits per heavy atom. The molecule has 0 aliphatic rings. The van der Waals surface area contributed by atoms with E-state index in [-0.39, 0.29) is 5.91 Å². The Hall–Kier alpha value is -2.17. The van der Waals surface area contributed by atoms with Crippen molar-refractivity contribution < 1.29 is 4.79 Å². The molecule has 140 valence electrons. The van der Waals surface area contributed by atoms with E-state index in [1.165, 1.54) is 0 Å². The van der Waals surface area contributed by atoms with Crippen molar-refractivity contribution in [3.8, 4) is 11.3 Å². The summed E-state index contributed by atoms with van der Waals surface area (Å²) in [5.74, 6) is 0.0719. The van der Waals surface area contributed by atoms with Crippen molar-refractivity contribution in [2.45, 2.75) is 40.5 Å². The number of benzene rings is 2. The maximum absolute atomic E-state index is 13.0. The molecule has 0 N–H and O–H groups in total. The van der Waals surface area contributed by atoms with E-state index in [4.69, 9.17) is 16.6 Å². The third kappa shape index (κ3) is 4.23. The molecule has 2 aromatic carbocycles. The molecule has 0 radical (unpaired) electrons. The van der Waals surface area contributed by atoms with Crippen LogP contribution in [0, 0.1) is 20.8 Å². The first-order valence-corrected chi connectivity index (χ1v) is 10.2. The van der Waals surface area contributed by atoms with E-state index in [9.17, 15) is 4.79 Å². The molecule has 1 aromatic heterocycles. The molecule has 0 unspecified atom stereocenters. The topological polar surface area (TPSA) is 33.2 Å². The Bertz CT molecular complexity index is 963. The van der Waals surface area contributed by atoms with Gasteiger partial charge in [0.05, 0.1) is 11.4 Å². The third-order valence-electron chi connectivity index (χ3n) is 4.41. The minimum Gasteiger partial charge on any atom is -0.274 e. The summed E-state index contributed by atoms with van der Waals surface area (Å²) in [4.78, 5) is 20.7. The van der Waals surface area contributed by atoms with Crippen molar-refractivity contribution in [1.82, 2.24) is 4.98 Å². The van der Waals surface area contributed by atoms with Crippen LogP contribution in [0.5, 0.6) is 0 Å². The summed E-state index contributed by atoms with van der Waals surface area (Å²) in [6.45, 7) is 8.13. The molecule has 0 saturated heterocycles. The number of thiazole rings is 1. The Labute approximate surface area is 169 Å². The minimum atomic E-state index is 0.0719. The Morgan fingerprint density at radius 2 is 1.81 bits per heavy atom. The molecular formula is C22H23ClN2OS. The molecule has 0 spiro atoms. The number of hydrogen-bond acceptors (Lipinski definition) is 3. The number of amides is 1. The van der Waals surface area contributed by atoms with Crippen LogP contribution in [0.3, 0.4) is 0 Å². The Morgan fingerprint density at radius 3 is 2.48 bits per heavy atom. The maximum Gasteiger partial charge on any atom is 0.233 e. The fraction of sp³-hybridized carbons (Fsp3) is 0.273. The van der Waals surface area contributed by atoms with Crippen LogP contribution in [-0.4, -0.2) is 10.9 Å². The lowest BCUT2D eigenvalue weighted by molar-refractivity contribution is -0.117. The predicted molar refractivity (Wildman–Crippen MR) is 115 cm³/mol. The van der Waals surface area contributed by atoms with Gasteiger partial charge in [0.15, 0.2) is 5.13 Å². The van der Waals surface area contributed by atoms with E-state index >= 15 is 0 Å². The lowest BCUT2D eigenvalue weighted by Gasteiger charge is -2.22. The van der Waals surface area contributed by atoms with Crippen molar-refractivity contribution in [3.05, 3.63) is 63.5 Å². The summed E-state index contributed by atoms with van der Waals surface area (Å²) >= 11 is 7.56. The van der Waals surface area contributed by atoms with E-state index in [0.717, 1.165) is 39.4 Å². The van der Waals surface area contributed by atoms with Crippen LogP contribution in [0.1, 0.15) is 35.8 Å². The second-order valence-corrected chi connectivity index (χ2v) is 8.30. The molecule has 0 aliphatic carbocycles. The first-order chi connectivity index (χ1) is 12.9. The number of carbonyl (C=O) groups excluding carboxylic acids is 1. The van der Waals surface area contributed by atoms with Crippen molar-refractivity contribution in [2.75, 3.05) is 4.90 Å². The standard InChI is InChI=1S/C22H23ClN2OS/c1-5-6-20(26)25(19-13-14(2)7-8-15(19)3)22-24-21(16(4)27-22)17-9-11-18(23)12-10-17/h7-13H,5-6H2,1-4H3. The Balaban J connectivity index is 2.10. The molecule has 0 atom stereocenters. The van der Waals surface area contributed by atoms with Crippen LogP contribution in [0.25, 0.3) is 11.3 Å². The van der Waals surface area contributed by atoms with Gasteiger partial charge >= 0.3 is 0 Å². The first-order valence-electron chi connectivity index (χ1n) is 9.04. The monoisotopic (exact) mass is 398 g/mol. The van der Waals surface area contributed by atoms with Crippen LogP contribution in [-0.2, 0) is 4.79 Å². The zero-order chi connectivity index (χ0) is 19.6. The van der Waals surface area contributed by atoms with E-state index < -0.39 is 0 Å². The molecule has 1 amide bonds. The minimum absolute atomic E-state index is 0.0719. The zero-order valence-corrected chi connectivity index (χ0v) is 17.6. The highest BCUT2D eigenvalue weighted by atomic mass is 35.5. The smallest absolute Gasteiger partial charge is 0.233 e. The Kier molecular flexibility index (Phi) is 5.98. The van der Waals surface area contributed by atoms with Gasteiger partial charge in [-0.05, 0) is 56.5 Å². The van der Waals surface area contributed by atoms with Gasteiger partial charge in [-0.25, -0.2) is 4.98 Å². The van der Waals surface area contributed by atoms with Gasteiger partial charge in [0.2, 0.25) is 5.91 Å². The quantitative estimate of drug-likeness (QED) is 0.470. The van der Waals surface area contributed by atoms with Gasteiger partial charge in [-0.2, -0.15) is 0 Å². The van der Waals surface area contributed by atoms with Gasteiger partial charge in [0.25, 0.3) is 0 Å². The molecular weight excluding hydrogens is 376 g/mol. The van der Waals surface area contributed by atoms with Crippen molar-refractivity contribution in [3.63, 3.8) is 0 Å². The molecule has 0 aliphatic heterocycles. The highest BCUT2D eigenvalue weighted by molar-refractivity contribution is 7.16. The average molecular weight is 399 g/mol. The van der Waals surface area contributed by atoms with Gasteiger partial charge in [-0.15, -0.1) is 11.3 Å². The number of anilines is 2. The second-order valence-electron chi connectivity index (χ2n) is 6.68. The van der Waals surface area contributed by atoms with Crippen molar-refractivity contribution in [1.29, 1.82) is 0 Å². The van der Waals surface area contributed by atoms with Crippen LogP contribution in [0.2, 0.25) is 5.02 Å². The third-order valence-corrected chi connectivity index (χ3v) is 5.62. The summed E-state index contributed by atoms with van der Waals surface area (Å²) in [6.07, 6.45) is 1.29. The van der Waals surface area contributed by atoms with Crippen LogP contribution in [0.4, 0.5) is 10.8 Å². The lowest BCUT2D eigenvalue weighted by atomic mass is 10.1. The van der Waals surface area contributed by atoms with Gasteiger partial charge in [-0.3, -0.25) is 9.69 Å².